The lowest BCUT2D eigenvalue weighted by Gasteiger charge is -2.13. The monoisotopic (exact) mass is 545 g/mol. The highest BCUT2D eigenvalue weighted by molar-refractivity contribution is 14.0. The van der Waals surface area contributed by atoms with Crippen LogP contribution in [0.1, 0.15) is 18.1 Å². The standard InChI is InChI=1S/C22H31N3O3S.HI/c1-4-23-22(24-12-15-29(26)20-8-6-5-7-9-20)25-17-19-11-10-18(2)16-21(19)28-14-13-27-3;/h5-11,16H,4,12-15,17H2,1-3H3,(H2,23,24,25);1H. The van der Waals surface area contributed by atoms with Crippen LogP contribution in [0.3, 0.4) is 0 Å². The van der Waals surface area contributed by atoms with Gasteiger partial charge in [-0.05, 0) is 37.6 Å². The summed E-state index contributed by atoms with van der Waals surface area (Å²) in [5.74, 6) is 2.04. The van der Waals surface area contributed by atoms with Gasteiger partial charge in [-0.2, -0.15) is 0 Å². The van der Waals surface area contributed by atoms with E-state index in [-0.39, 0.29) is 24.0 Å². The van der Waals surface area contributed by atoms with Gasteiger partial charge in [0, 0.05) is 36.4 Å². The van der Waals surface area contributed by atoms with Crippen molar-refractivity contribution in [2.75, 3.05) is 39.2 Å². The minimum atomic E-state index is -1.03. The van der Waals surface area contributed by atoms with Crippen LogP contribution in [-0.4, -0.2) is 49.3 Å². The Kier molecular flexibility index (Phi) is 13.4. The maximum absolute atomic E-state index is 12.3. The minimum Gasteiger partial charge on any atom is -0.491 e. The summed E-state index contributed by atoms with van der Waals surface area (Å²) < 4.78 is 23.2. The first-order chi connectivity index (χ1) is 14.1. The molecule has 0 saturated heterocycles. The highest BCUT2D eigenvalue weighted by atomic mass is 127. The van der Waals surface area contributed by atoms with Crippen molar-refractivity contribution < 1.29 is 13.7 Å². The van der Waals surface area contributed by atoms with Crippen molar-refractivity contribution in [2.24, 2.45) is 4.99 Å². The fourth-order valence-electron chi connectivity index (χ4n) is 2.62. The lowest BCUT2D eigenvalue weighted by atomic mass is 10.1. The van der Waals surface area contributed by atoms with Gasteiger partial charge in [0.2, 0.25) is 0 Å². The van der Waals surface area contributed by atoms with E-state index in [1.807, 2.05) is 56.3 Å². The molecular weight excluding hydrogens is 513 g/mol. The van der Waals surface area contributed by atoms with Gasteiger partial charge >= 0.3 is 0 Å². The molecule has 30 heavy (non-hydrogen) atoms. The number of guanidine groups is 1. The number of aliphatic imine (C=N–C) groups is 1. The van der Waals surface area contributed by atoms with Gasteiger partial charge in [-0.15, -0.1) is 24.0 Å². The molecule has 2 N–H and O–H groups in total. The van der Waals surface area contributed by atoms with Crippen LogP contribution in [-0.2, 0) is 22.1 Å². The molecule has 0 spiro atoms. The number of rotatable bonds is 11. The first-order valence-electron chi connectivity index (χ1n) is 9.81. The molecule has 2 aromatic carbocycles. The van der Waals surface area contributed by atoms with Crippen LogP contribution < -0.4 is 15.4 Å². The molecule has 0 aliphatic carbocycles. The Morgan fingerprint density at radius 1 is 1.10 bits per heavy atom. The van der Waals surface area contributed by atoms with Crippen molar-refractivity contribution in [3.8, 4) is 5.75 Å². The molecule has 6 nitrogen and oxygen atoms in total. The molecule has 2 aromatic rings. The summed E-state index contributed by atoms with van der Waals surface area (Å²) in [4.78, 5) is 5.50. The lowest BCUT2D eigenvalue weighted by Crippen LogP contribution is -2.39. The SMILES string of the molecule is CCNC(=NCc1ccc(C)cc1OCCOC)NCCS(=O)c1ccccc1.I. The molecule has 0 saturated carbocycles. The Labute approximate surface area is 199 Å². The van der Waals surface area contributed by atoms with E-state index in [1.54, 1.807) is 7.11 Å². The number of methoxy groups -OCH3 is 1. The maximum Gasteiger partial charge on any atom is 0.191 e. The average molecular weight is 545 g/mol. The predicted octanol–water partition coefficient (Wildman–Crippen LogP) is 3.50. The third-order valence-corrected chi connectivity index (χ3v) is 5.48. The molecule has 0 aromatic heterocycles. The number of halogens is 1. The molecule has 0 fully saturated rings. The predicted molar refractivity (Wildman–Crippen MR) is 135 cm³/mol. The van der Waals surface area contributed by atoms with E-state index >= 15 is 0 Å². The highest BCUT2D eigenvalue weighted by Gasteiger charge is 2.07. The third-order valence-electron chi connectivity index (χ3n) is 4.11. The average Bonchev–Trinajstić information content (AvgIpc) is 2.73. The van der Waals surface area contributed by atoms with Crippen LogP contribution in [0.2, 0.25) is 0 Å². The summed E-state index contributed by atoms with van der Waals surface area (Å²) in [7, 11) is 0.625. The van der Waals surface area contributed by atoms with Crippen molar-refractivity contribution >= 4 is 40.7 Å². The normalized spacial score (nSPS) is 12.0. The van der Waals surface area contributed by atoms with Gasteiger partial charge in [0.25, 0.3) is 0 Å². The van der Waals surface area contributed by atoms with Crippen LogP contribution in [0.4, 0.5) is 0 Å². The first kappa shape index (κ1) is 26.4. The van der Waals surface area contributed by atoms with Crippen molar-refractivity contribution in [3.05, 3.63) is 59.7 Å². The van der Waals surface area contributed by atoms with Crippen molar-refractivity contribution in [1.29, 1.82) is 0 Å². The fourth-order valence-corrected chi connectivity index (χ4v) is 3.60. The Morgan fingerprint density at radius 3 is 2.57 bits per heavy atom. The van der Waals surface area contributed by atoms with Gasteiger partial charge in [0.15, 0.2) is 5.96 Å². The molecule has 0 bridgehead atoms. The van der Waals surface area contributed by atoms with Crippen molar-refractivity contribution in [2.45, 2.75) is 25.3 Å². The molecule has 8 heteroatoms. The number of hydrogen-bond donors (Lipinski definition) is 2. The molecule has 2 rings (SSSR count). The van der Waals surface area contributed by atoms with E-state index in [4.69, 9.17) is 9.47 Å². The first-order valence-corrected chi connectivity index (χ1v) is 11.1. The van der Waals surface area contributed by atoms with Crippen LogP contribution >= 0.6 is 24.0 Å². The van der Waals surface area contributed by atoms with E-state index < -0.39 is 10.8 Å². The van der Waals surface area contributed by atoms with E-state index in [2.05, 4.69) is 21.7 Å². The zero-order chi connectivity index (χ0) is 20.9. The molecule has 0 heterocycles. The number of benzene rings is 2. The molecule has 166 valence electrons. The second-order valence-corrected chi connectivity index (χ2v) is 8.01. The largest absolute Gasteiger partial charge is 0.491 e. The Bertz CT molecular complexity index is 803. The van der Waals surface area contributed by atoms with Crippen molar-refractivity contribution in [3.63, 3.8) is 0 Å². The van der Waals surface area contributed by atoms with Crippen LogP contribution in [0.25, 0.3) is 0 Å². The van der Waals surface area contributed by atoms with Crippen molar-refractivity contribution in [1.82, 2.24) is 10.6 Å². The Balaban J connectivity index is 0.00000450. The summed E-state index contributed by atoms with van der Waals surface area (Å²) in [6, 6.07) is 15.6. The van der Waals surface area contributed by atoms with Gasteiger partial charge in [-0.25, -0.2) is 4.99 Å². The molecule has 0 amide bonds. The van der Waals surface area contributed by atoms with Crippen LogP contribution in [0.5, 0.6) is 5.75 Å². The summed E-state index contributed by atoms with van der Waals surface area (Å²) in [5, 5.41) is 6.49. The number of nitrogens with one attached hydrogen (secondary N) is 2. The minimum absolute atomic E-state index is 0. The Morgan fingerprint density at radius 2 is 1.87 bits per heavy atom. The number of ether oxygens (including phenoxy) is 2. The third kappa shape index (κ3) is 9.44. The number of nitrogens with zero attached hydrogens (tertiary/aromatic N) is 1. The number of aryl methyl sites for hydroxylation is 1. The summed E-state index contributed by atoms with van der Waals surface area (Å²) >= 11 is 0. The quantitative estimate of drug-likeness (QED) is 0.196. The van der Waals surface area contributed by atoms with E-state index in [0.717, 1.165) is 28.3 Å². The summed E-state index contributed by atoms with van der Waals surface area (Å²) in [6.45, 7) is 6.90. The zero-order valence-corrected chi connectivity index (χ0v) is 21.0. The van der Waals surface area contributed by atoms with Gasteiger partial charge in [-0.3, -0.25) is 4.21 Å². The molecule has 0 radical (unpaired) electrons. The number of hydrogen-bond acceptors (Lipinski definition) is 4. The molecule has 0 aliphatic heterocycles. The smallest absolute Gasteiger partial charge is 0.191 e. The van der Waals surface area contributed by atoms with Gasteiger partial charge < -0.3 is 20.1 Å². The fraction of sp³-hybridized carbons (Fsp3) is 0.409. The van der Waals surface area contributed by atoms with E-state index in [1.165, 1.54) is 0 Å². The molecular formula is C22H32IN3O3S. The van der Waals surface area contributed by atoms with E-state index in [0.29, 0.717) is 38.0 Å². The topological polar surface area (TPSA) is 72.0 Å². The van der Waals surface area contributed by atoms with E-state index in [9.17, 15) is 4.21 Å². The van der Waals surface area contributed by atoms with Gasteiger partial charge in [0.05, 0.1) is 24.0 Å². The Hall–Kier alpha value is -1.65. The lowest BCUT2D eigenvalue weighted by molar-refractivity contribution is 0.146. The van der Waals surface area contributed by atoms with Crippen LogP contribution in [0, 0.1) is 6.92 Å². The van der Waals surface area contributed by atoms with Crippen LogP contribution in [0.15, 0.2) is 58.4 Å². The van der Waals surface area contributed by atoms with Gasteiger partial charge in [-0.1, -0.05) is 30.3 Å². The maximum atomic E-state index is 12.3. The second-order valence-electron chi connectivity index (χ2n) is 6.44. The molecule has 1 atom stereocenters. The molecule has 0 aliphatic rings. The molecule has 1 unspecified atom stereocenters. The zero-order valence-electron chi connectivity index (χ0n) is 17.8. The highest BCUT2D eigenvalue weighted by Crippen LogP contribution is 2.21. The summed E-state index contributed by atoms with van der Waals surface area (Å²) in [6.07, 6.45) is 0. The van der Waals surface area contributed by atoms with Gasteiger partial charge in [0.1, 0.15) is 12.4 Å². The summed E-state index contributed by atoms with van der Waals surface area (Å²) in [5.41, 5.74) is 2.15. The second kappa shape index (κ2) is 15.2.